The average molecular weight is 338 g/mol. The standard InChI is InChI=1S/C15H15FN2O2S2/c1-22(20,13-5-3-2-4-11(13)16)18-15(19)12-9-17-14(21-12)8-10-6-7-10/h2-5,9-10H,6-8H2,1H3. The molecule has 1 aromatic heterocycles. The van der Waals surface area contributed by atoms with Crippen LogP contribution in [0.5, 0.6) is 0 Å². The number of carbonyl (C=O) groups is 1. The highest BCUT2D eigenvalue weighted by Gasteiger charge is 2.24. The van der Waals surface area contributed by atoms with Gasteiger partial charge in [-0.05, 0) is 30.9 Å². The van der Waals surface area contributed by atoms with E-state index in [1.54, 1.807) is 6.07 Å². The van der Waals surface area contributed by atoms with Crippen LogP contribution < -0.4 is 0 Å². The SMILES string of the molecule is CS(=O)(=NC(=O)c1cnc(CC2CC2)s1)c1ccccc1F. The summed E-state index contributed by atoms with van der Waals surface area (Å²) in [6.07, 6.45) is 6.04. The third kappa shape index (κ3) is 3.41. The van der Waals surface area contributed by atoms with E-state index >= 15 is 0 Å². The molecule has 0 N–H and O–H groups in total. The van der Waals surface area contributed by atoms with Gasteiger partial charge in [-0.1, -0.05) is 12.1 Å². The minimum absolute atomic E-state index is 0.0499. The summed E-state index contributed by atoms with van der Waals surface area (Å²) in [5, 5.41) is 0.898. The lowest BCUT2D eigenvalue weighted by Gasteiger charge is -2.04. The molecule has 7 heteroatoms. The van der Waals surface area contributed by atoms with Crippen molar-refractivity contribution in [2.24, 2.45) is 10.3 Å². The number of thiazole rings is 1. The monoisotopic (exact) mass is 338 g/mol. The molecule has 1 aliphatic carbocycles. The number of aromatic nitrogens is 1. The van der Waals surface area contributed by atoms with E-state index in [1.807, 2.05) is 0 Å². The number of amides is 1. The van der Waals surface area contributed by atoms with Crippen LogP contribution in [0.1, 0.15) is 27.5 Å². The lowest BCUT2D eigenvalue weighted by atomic mass is 10.3. The predicted molar refractivity (Wildman–Crippen MR) is 84.0 cm³/mol. The zero-order valence-electron chi connectivity index (χ0n) is 12.0. The quantitative estimate of drug-likeness (QED) is 0.857. The van der Waals surface area contributed by atoms with Crippen LogP contribution in [0.2, 0.25) is 0 Å². The van der Waals surface area contributed by atoms with Gasteiger partial charge in [0, 0.05) is 12.7 Å². The number of hydrogen-bond donors (Lipinski definition) is 0. The molecule has 3 rings (SSSR count). The Morgan fingerprint density at radius 2 is 2.18 bits per heavy atom. The molecule has 1 fully saturated rings. The van der Waals surface area contributed by atoms with Crippen molar-refractivity contribution in [1.29, 1.82) is 0 Å². The Labute approximate surface area is 132 Å². The minimum Gasteiger partial charge on any atom is -0.265 e. The number of nitrogens with zero attached hydrogens (tertiary/aromatic N) is 2. The summed E-state index contributed by atoms with van der Waals surface area (Å²) in [6, 6.07) is 5.67. The van der Waals surface area contributed by atoms with Crippen LogP contribution in [-0.4, -0.2) is 21.4 Å². The fourth-order valence-electron chi connectivity index (χ4n) is 2.08. The maximum atomic E-state index is 13.7. The van der Waals surface area contributed by atoms with Gasteiger partial charge in [-0.2, -0.15) is 4.36 Å². The van der Waals surface area contributed by atoms with Crippen LogP contribution in [0, 0.1) is 11.7 Å². The Hall–Kier alpha value is -1.60. The first kappa shape index (κ1) is 15.3. The maximum Gasteiger partial charge on any atom is 0.297 e. The predicted octanol–water partition coefficient (Wildman–Crippen LogP) is 3.53. The van der Waals surface area contributed by atoms with Gasteiger partial charge in [0.05, 0.1) is 25.8 Å². The molecule has 0 saturated heterocycles. The summed E-state index contributed by atoms with van der Waals surface area (Å²) in [5.41, 5.74) is 0. The van der Waals surface area contributed by atoms with E-state index in [-0.39, 0.29) is 4.90 Å². The number of hydrogen-bond acceptors (Lipinski definition) is 4. The van der Waals surface area contributed by atoms with E-state index in [0.29, 0.717) is 10.8 Å². The van der Waals surface area contributed by atoms with Gasteiger partial charge < -0.3 is 0 Å². The molecule has 1 unspecified atom stereocenters. The van der Waals surface area contributed by atoms with Crippen LogP contribution in [0.15, 0.2) is 39.7 Å². The van der Waals surface area contributed by atoms with Crippen molar-refractivity contribution in [3.05, 3.63) is 46.2 Å². The van der Waals surface area contributed by atoms with Gasteiger partial charge in [-0.25, -0.2) is 13.6 Å². The molecule has 1 saturated carbocycles. The molecule has 0 aliphatic heterocycles. The molecule has 22 heavy (non-hydrogen) atoms. The molecule has 0 radical (unpaired) electrons. The second-order valence-electron chi connectivity index (χ2n) is 5.40. The Kier molecular flexibility index (Phi) is 4.10. The number of carbonyl (C=O) groups excluding carboxylic acids is 1. The minimum atomic E-state index is -3.11. The van der Waals surface area contributed by atoms with E-state index in [1.165, 1.54) is 54.8 Å². The van der Waals surface area contributed by atoms with Gasteiger partial charge in [0.2, 0.25) is 0 Å². The van der Waals surface area contributed by atoms with Gasteiger partial charge in [-0.15, -0.1) is 11.3 Å². The van der Waals surface area contributed by atoms with Crippen molar-refractivity contribution >= 4 is 27.0 Å². The molecule has 2 aromatic rings. The van der Waals surface area contributed by atoms with E-state index in [2.05, 4.69) is 9.35 Å². The molecule has 1 atom stereocenters. The van der Waals surface area contributed by atoms with Crippen molar-refractivity contribution in [3.8, 4) is 0 Å². The third-order valence-electron chi connectivity index (χ3n) is 3.43. The zero-order valence-corrected chi connectivity index (χ0v) is 13.6. The summed E-state index contributed by atoms with van der Waals surface area (Å²) < 4.78 is 30.0. The summed E-state index contributed by atoms with van der Waals surface area (Å²) in [6.45, 7) is 0. The van der Waals surface area contributed by atoms with Gasteiger partial charge in [-0.3, -0.25) is 4.79 Å². The smallest absolute Gasteiger partial charge is 0.265 e. The topological polar surface area (TPSA) is 59.4 Å². The molecular weight excluding hydrogens is 323 g/mol. The fraction of sp³-hybridized carbons (Fsp3) is 0.333. The van der Waals surface area contributed by atoms with E-state index in [9.17, 15) is 13.4 Å². The maximum absolute atomic E-state index is 13.7. The lowest BCUT2D eigenvalue weighted by molar-refractivity contribution is 0.101. The van der Waals surface area contributed by atoms with Gasteiger partial charge in [0.25, 0.3) is 5.91 Å². The van der Waals surface area contributed by atoms with Gasteiger partial charge in [0.15, 0.2) is 0 Å². The third-order valence-corrected chi connectivity index (χ3v) is 6.10. The Balaban J connectivity index is 1.86. The van der Waals surface area contributed by atoms with E-state index < -0.39 is 21.5 Å². The Bertz CT molecular complexity index is 834. The fourth-order valence-corrected chi connectivity index (χ4v) is 4.33. The first-order valence-corrected chi connectivity index (χ1v) is 9.65. The van der Waals surface area contributed by atoms with E-state index in [0.717, 1.165) is 11.4 Å². The summed E-state index contributed by atoms with van der Waals surface area (Å²) in [4.78, 5) is 16.7. The molecule has 0 spiro atoms. The van der Waals surface area contributed by atoms with Gasteiger partial charge >= 0.3 is 0 Å². The largest absolute Gasteiger partial charge is 0.297 e. The zero-order chi connectivity index (χ0) is 15.7. The highest BCUT2D eigenvalue weighted by Crippen LogP contribution is 2.33. The summed E-state index contributed by atoms with van der Waals surface area (Å²) in [5.74, 6) is -0.541. The molecule has 4 nitrogen and oxygen atoms in total. The van der Waals surface area contributed by atoms with E-state index in [4.69, 9.17) is 0 Å². The summed E-state index contributed by atoms with van der Waals surface area (Å²) >= 11 is 1.28. The van der Waals surface area contributed by atoms with Crippen LogP contribution in [0.3, 0.4) is 0 Å². The Morgan fingerprint density at radius 3 is 2.86 bits per heavy atom. The molecule has 1 aliphatic rings. The first-order chi connectivity index (χ1) is 10.5. The highest BCUT2D eigenvalue weighted by atomic mass is 32.2. The normalized spacial score (nSPS) is 17.0. The van der Waals surface area contributed by atoms with Crippen molar-refractivity contribution in [2.75, 3.05) is 6.26 Å². The van der Waals surface area contributed by atoms with Crippen molar-refractivity contribution in [3.63, 3.8) is 0 Å². The first-order valence-electron chi connectivity index (χ1n) is 6.91. The van der Waals surface area contributed by atoms with Crippen molar-refractivity contribution < 1.29 is 13.4 Å². The molecule has 1 aromatic carbocycles. The van der Waals surface area contributed by atoms with Gasteiger partial charge in [0.1, 0.15) is 10.7 Å². The number of benzene rings is 1. The lowest BCUT2D eigenvalue weighted by Crippen LogP contribution is -2.04. The highest BCUT2D eigenvalue weighted by molar-refractivity contribution is 7.93. The number of rotatable bonds is 4. The molecular formula is C15H15FN2O2S2. The number of halogens is 1. The molecule has 0 bridgehead atoms. The molecule has 1 heterocycles. The molecule has 116 valence electrons. The second kappa shape index (κ2) is 5.89. The molecule has 1 amide bonds. The van der Waals surface area contributed by atoms with Crippen LogP contribution in [-0.2, 0) is 16.1 Å². The van der Waals surface area contributed by atoms with Crippen molar-refractivity contribution in [2.45, 2.75) is 24.2 Å². The van der Waals surface area contributed by atoms with Crippen LogP contribution in [0.4, 0.5) is 4.39 Å². The van der Waals surface area contributed by atoms with Crippen LogP contribution in [0.25, 0.3) is 0 Å². The van der Waals surface area contributed by atoms with Crippen molar-refractivity contribution in [1.82, 2.24) is 4.98 Å². The Morgan fingerprint density at radius 1 is 1.45 bits per heavy atom. The average Bonchev–Trinajstić information content (AvgIpc) is 3.13. The van der Waals surface area contributed by atoms with Crippen LogP contribution >= 0.6 is 11.3 Å². The second-order valence-corrected chi connectivity index (χ2v) is 8.74. The summed E-state index contributed by atoms with van der Waals surface area (Å²) in [7, 11) is -3.11.